The van der Waals surface area contributed by atoms with Crippen molar-refractivity contribution in [2.24, 2.45) is 0 Å². The van der Waals surface area contributed by atoms with Crippen LogP contribution < -0.4 is 10.9 Å². The molecule has 2 N–H and O–H groups in total. The Hall–Kier alpha value is -3.74. The molecule has 0 aliphatic heterocycles. The Balaban J connectivity index is 1.54. The zero-order valence-corrected chi connectivity index (χ0v) is 17.4. The zero-order valence-electron chi connectivity index (χ0n) is 17.4. The number of benzene rings is 2. The first-order valence-electron chi connectivity index (χ1n) is 10.1. The second-order valence-electron chi connectivity index (χ2n) is 7.59. The maximum atomic E-state index is 14.0. The summed E-state index contributed by atoms with van der Waals surface area (Å²) in [7, 11) is 0. The third-order valence-electron chi connectivity index (χ3n) is 5.35. The molecule has 0 aliphatic rings. The number of aromatic nitrogens is 3. The van der Waals surface area contributed by atoms with Crippen molar-refractivity contribution in [2.75, 3.05) is 6.54 Å². The topological polar surface area (TPSA) is 79.3 Å². The maximum Gasteiger partial charge on any atom is 0.276 e. The van der Waals surface area contributed by atoms with E-state index >= 15 is 0 Å². The standard InChI is InChI=1S/C24H23FN4O2/c1-15-7-9-17(10-8-15)11-12-26-23(30)20-14-27-29-22(20)28-16(2)19(24(29)31)13-18-5-3-4-6-21(18)25/h3-10,14,27H,11-13H2,1-2H3,(H,26,30). The number of H-pyrrole nitrogens is 1. The van der Waals surface area contributed by atoms with Crippen molar-refractivity contribution in [1.29, 1.82) is 0 Å². The van der Waals surface area contributed by atoms with E-state index in [1.165, 1.54) is 22.3 Å². The van der Waals surface area contributed by atoms with Crippen LogP contribution in [0, 0.1) is 19.7 Å². The number of halogens is 1. The molecule has 2 aromatic carbocycles. The van der Waals surface area contributed by atoms with Crippen molar-refractivity contribution in [3.8, 4) is 0 Å². The van der Waals surface area contributed by atoms with E-state index in [0.717, 1.165) is 5.56 Å². The predicted molar refractivity (Wildman–Crippen MR) is 117 cm³/mol. The van der Waals surface area contributed by atoms with Crippen molar-refractivity contribution in [3.63, 3.8) is 0 Å². The van der Waals surface area contributed by atoms with Crippen molar-refractivity contribution in [1.82, 2.24) is 19.9 Å². The number of aryl methyl sites for hydroxylation is 2. The Bertz CT molecular complexity index is 1310. The molecule has 0 radical (unpaired) electrons. The van der Waals surface area contributed by atoms with Gasteiger partial charge in [-0.25, -0.2) is 13.9 Å². The van der Waals surface area contributed by atoms with E-state index in [2.05, 4.69) is 15.4 Å². The minimum Gasteiger partial charge on any atom is -0.352 e. The van der Waals surface area contributed by atoms with Crippen LogP contribution in [0.4, 0.5) is 4.39 Å². The van der Waals surface area contributed by atoms with Crippen molar-refractivity contribution in [3.05, 3.63) is 104 Å². The Kier molecular flexibility index (Phi) is 5.66. The van der Waals surface area contributed by atoms with Gasteiger partial charge in [0.25, 0.3) is 11.5 Å². The van der Waals surface area contributed by atoms with Gasteiger partial charge in [-0.3, -0.25) is 14.7 Å². The summed E-state index contributed by atoms with van der Waals surface area (Å²) in [6.45, 7) is 4.19. The van der Waals surface area contributed by atoms with Crippen LogP contribution >= 0.6 is 0 Å². The molecule has 4 aromatic rings. The highest BCUT2D eigenvalue weighted by Crippen LogP contribution is 2.15. The average Bonchev–Trinajstić information content (AvgIpc) is 3.17. The summed E-state index contributed by atoms with van der Waals surface area (Å²) >= 11 is 0. The predicted octanol–water partition coefficient (Wildman–Crippen LogP) is 3.34. The minimum absolute atomic E-state index is 0.129. The van der Waals surface area contributed by atoms with E-state index < -0.39 is 0 Å². The lowest BCUT2D eigenvalue weighted by molar-refractivity contribution is 0.0955. The lowest BCUT2D eigenvalue weighted by Gasteiger charge is -2.08. The van der Waals surface area contributed by atoms with Gasteiger partial charge in [-0.2, -0.15) is 0 Å². The number of carbonyl (C=O) groups is 1. The normalized spacial score (nSPS) is 11.1. The van der Waals surface area contributed by atoms with Gasteiger partial charge in [-0.05, 0) is 37.5 Å². The van der Waals surface area contributed by atoms with Crippen molar-refractivity contribution >= 4 is 11.6 Å². The lowest BCUT2D eigenvalue weighted by Crippen LogP contribution is -2.27. The molecule has 6 nitrogen and oxygen atoms in total. The molecule has 0 unspecified atom stereocenters. The van der Waals surface area contributed by atoms with Gasteiger partial charge < -0.3 is 5.32 Å². The Morgan fingerprint density at radius 2 is 1.87 bits per heavy atom. The van der Waals surface area contributed by atoms with E-state index in [1.54, 1.807) is 25.1 Å². The van der Waals surface area contributed by atoms with E-state index in [0.29, 0.717) is 35.3 Å². The largest absolute Gasteiger partial charge is 0.352 e. The van der Waals surface area contributed by atoms with Crippen LogP contribution in [0.15, 0.2) is 59.5 Å². The summed E-state index contributed by atoms with van der Waals surface area (Å²) in [6.07, 6.45) is 2.30. The van der Waals surface area contributed by atoms with Gasteiger partial charge in [-0.1, -0.05) is 48.0 Å². The summed E-state index contributed by atoms with van der Waals surface area (Å²) in [6, 6.07) is 14.5. The van der Waals surface area contributed by atoms with Crippen LogP contribution in [0.1, 0.15) is 38.3 Å². The number of rotatable bonds is 6. The number of carbonyl (C=O) groups excluding carboxylic acids is 1. The van der Waals surface area contributed by atoms with Crippen LogP contribution in [0.5, 0.6) is 0 Å². The van der Waals surface area contributed by atoms with Gasteiger partial charge in [0.15, 0.2) is 5.65 Å². The van der Waals surface area contributed by atoms with Gasteiger partial charge in [0.05, 0.1) is 0 Å². The molecule has 31 heavy (non-hydrogen) atoms. The Morgan fingerprint density at radius 1 is 1.13 bits per heavy atom. The van der Waals surface area contributed by atoms with Crippen LogP contribution in [-0.2, 0) is 12.8 Å². The molecule has 0 spiro atoms. The summed E-state index contributed by atoms with van der Waals surface area (Å²) < 4.78 is 15.3. The fourth-order valence-electron chi connectivity index (χ4n) is 3.53. The molecule has 0 bridgehead atoms. The second-order valence-corrected chi connectivity index (χ2v) is 7.59. The van der Waals surface area contributed by atoms with E-state index in [4.69, 9.17) is 0 Å². The molecule has 4 rings (SSSR count). The van der Waals surface area contributed by atoms with Crippen molar-refractivity contribution in [2.45, 2.75) is 26.7 Å². The van der Waals surface area contributed by atoms with Gasteiger partial charge in [0.1, 0.15) is 11.4 Å². The average molecular weight is 418 g/mol. The summed E-state index contributed by atoms with van der Waals surface area (Å²) in [4.78, 5) is 30.1. The first-order valence-corrected chi connectivity index (χ1v) is 10.1. The molecular weight excluding hydrogens is 395 g/mol. The van der Waals surface area contributed by atoms with Crippen LogP contribution in [0.2, 0.25) is 0 Å². The fourth-order valence-corrected chi connectivity index (χ4v) is 3.53. The first kappa shape index (κ1) is 20.5. The lowest BCUT2D eigenvalue weighted by atomic mass is 10.0. The highest BCUT2D eigenvalue weighted by molar-refractivity contribution is 5.99. The fraction of sp³-hybridized carbons (Fsp3) is 0.208. The number of amides is 1. The van der Waals surface area contributed by atoms with Crippen LogP contribution in [-0.4, -0.2) is 27.0 Å². The van der Waals surface area contributed by atoms with Crippen molar-refractivity contribution < 1.29 is 9.18 Å². The molecule has 1 amide bonds. The van der Waals surface area contributed by atoms with E-state index in [1.807, 2.05) is 31.2 Å². The highest BCUT2D eigenvalue weighted by atomic mass is 19.1. The number of hydrogen-bond acceptors (Lipinski definition) is 3. The molecule has 158 valence electrons. The minimum atomic E-state index is -0.369. The van der Waals surface area contributed by atoms with Crippen LogP contribution in [0.25, 0.3) is 5.65 Å². The monoisotopic (exact) mass is 418 g/mol. The summed E-state index contributed by atoms with van der Waals surface area (Å²) in [5.74, 6) is -0.675. The SMILES string of the molecule is Cc1ccc(CCNC(=O)c2c[nH]n3c(=O)c(Cc4ccccc4F)c(C)nc23)cc1. The van der Waals surface area contributed by atoms with E-state index in [9.17, 15) is 14.0 Å². The Labute approximate surface area is 178 Å². The van der Waals surface area contributed by atoms with Gasteiger partial charge in [0, 0.05) is 30.4 Å². The first-order chi connectivity index (χ1) is 14.9. The van der Waals surface area contributed by atoms with Gasteiger partial charge >= 0.3 is 0 Å². The molecule has 0 fully saturated rings. The molecule has 2 aromatic heterocycles. The molecule has 7 heteroatoms. The Morgan fingerprint density at radius 3 is 2.61 bits per heavy atom. The number of aromatic amines is 1. The molecule has 2 heterocycles. The third kappa shape index (κ3) is 4.26. The van der Waals surface area contributed by atoms with Gasteiger partial charge in [0.2, 0.25) is 0 Å². The molecular formula is C24H23FN4O2. The molecule has 0 saturated carbocycles. The number of nitrogens with one attached hydrogen (secondary N) is 2. The molecule has 0 atom stereocenters. The smallest absolute Gasteiger partial charge is 0.276 e. The van der Waals surface area contributed by atoms with Gasteiger partial charge in [-0.15, -0.1) is 0 Å². The second kappa shape index (κ2) is 8.55. The van der Waals surface area contributed by atoms with E-state index in [-0.39, 0.29) is 29.4 Å². The number of fused-ring (bicyclic) bond motifs is 1. The summed E-state index contributed by atoms with van der Waals surface area (Å²) in [5.41, 5.74) is 3.81. The molecule has 0 saturated heterocycles. The van der Waals surface area contributed by atoms with Crippen LogP contribution in [0.3, 0.4) is 0 Å². The maximum absolute atomic E-state index is 14.0. The summed E-state index contributed by atoms with van der Waals surface area (Å²) in [5, 5.41) is 5.68. The number of nitrogens with zero attached hydrogens (tertiary/aromatic N) is 2. The zero-order chi connectivity index (χ0) is 22.0. The number of hydrogen-bond donors (Lipinski definition) is 2. The quantitative estimate of drug-likeness (QED) is 0.504. The third-order valence-corrected chi connectivity index (χ3v) is 5.35. The highest BCUT2D eigenvalue weighted by Gasteiger charge is 2.18. The molecule has 0 aliphatic carbocycles.